The zero-order valence-electron chi connectivity index (χ0n) is 8.65. The highest BCUT2D eigenvalue weighted by Crippen LogP contribution is 2.12. The Morgan fingerprint density at radius 1 is 1.75 bits per heavy atom. The maximum Gasteiger partial charge on any atom is 0.327 e. The van der Waals surface area contributed by atoms with E-state index in [0.717, 1.165) is 0 Å². The van der Waals surface area contributed by atoms with Crippen LogP contribution in [0.15, 0.2) is 16.0 Å². The van der Waals surface area contributed by atoms with E-state index >= 15 is 0 Å². The predicted molar refractivity (Wildman–Crippen MR) is 58.4 cm³/mol. The second kappa shape index (κ2) is 6.26. The van der Waals surface area contributed by atoms with Gasteiger partial charge in [-0.25, -0.2) is 10.8 Å². The fourth-order valence-corrected chi connectivity index (χ4v) is 1.81. The number of hydrazine groups is 1. The van der Waals surface area contributed by atoms with Gasteiger partial charge >= 0.3 is 5.97 Å². The number of aromatic nitrogens is 2. The largest absolute Gasteiger partial charge is 0.356 e. The second-order valence-corrected chi connectivity index (χ2v) is 3.97. The van der Waals surface area contributed by atoms with Gasteiger partial charge in [-0.1, -0.05) is 17.4 Å². The normalized spacial score (nSPS) is 10.1. The van der Waals surface area contributed by atoms with Gasteiger partial charge in [-0.3, -0.25) is 9.59 Å². The topological polar surface area (TPSA) is 110 Å². The van der Waals surface area contributed by atoms with Gasteiger partial charge in [0, 0.05) is 17.5 Å². The highest BCUT2D eigenvalue weighted by atomic mass is 32.2. The molecule has 1 aromatic heterocycles. The van der Waals surface area contributed by atoms with E-state index in [9.17, 15) is 9.59 Å². The molecule has 0 aliphatic rings. The molecule has 0 aromatic carbocycles. The number of aryl methyl sites for hydroxylation is 1. The van der Waals surface area contributed by atoms with Crippen molar-refractivity contribution >= 4 is 17.7 Å². The van der Waals surface area contributed by atoms with Gasteiger partial charge < -0.3 is 9.82 Å². The molecule has 8 heteroatoms. The van der Waals surface area contributed by atoms with Gasteiger partial charge in [0.15, 0.2) is 5.16 Å². The molecule has 4 N–H and O–H groups in total. The molecule has 0 bridgehead atoms. The molecule has 7 nitrogen and oxygen atoms in total. The van der Waals surface area contributed by atoms with Crippen LogP contribution in [0.3, 0.4) is 0 Å². The summed E-state index contributed by atoms with van der Waals surface area (Å²) < 4.78 is 0. The molecule has 0 atom stereocenters. The fourth-order valence-electron chi connectivity index (χ4n) is 0.968. The van der Waals surface area contributed by atoms with Gasteiger partial charge in [0.05, 0.1) is 6.42 Å². The van der Waals surface area contributed by atoms with Crippen LogP contribution in [0.4, 0.5) is 0 Å². The van der Waals surface area contributed by atoms with Crippen LogP contribution in [0.25, 0.3) is 0 Å². The molecule has 0 aliphatic carbocycles. The summed E-state index contributed by atoms with van der Waals surface area (Å²) in [7, 11) is 0. The van der Waals surface area contributed by atoms with Crippen molar-refractivity contribution in [1.29, 1.82) is 0 Å². The number of rotatable bonds is 5. The van der Waals surface area contributed by atoms with E-state index in [1.165, 1.54) is 17.8 Å². The van der Waals surface area contributed by atoms with Crippen LogP contribution >= 0.6 is 11.8 Å². The van der Waals surface area contributed by atoms with Gasteiger partial charge in [-0.2, -0.15) is 0 Å². The van der Waals surface area contributed by atoms with Gasteiger partial charge in [-0.05, 0) is 6.92 Å². The fraction of sp³-hybridized carbons (Fsp3) is 0.375. The molecule has 0 spiro atoms. The van der Waals surface area contributed by atoms with Crippen LogP contribution in [-0.4, -0.2) is 21.7 Å². The van der Waals surface area contributed by atoms with Gasteiger partial charge in [0.25, 0.3) is 5.56 Å². The first kappa shape index (κ1) is 12.7. The van der Waals surface area contributed by atoms with Crippen molar-refractivity contribution in [2.45, 2.75) is 18.5 Å². The zero-order valence-corrected chi connectivity index (χ0v) is 9.47. The Kier molecular flexibility index (Phi) is 4.96. The van der Waals surface area contributed by atoms with E-state index in [4.69, 9.17) is 5.84 Å². The molecule has 0 unspecified atom stereocenters. The number of carbonyl (C=O) groups is 1. The summed E-state index contributed by atoms with van der Waals surface area (Å²) in [5.74, 6) is 4.78. The Hall–Kier alpha value is -1.38. The molecule has 0 saturated carbocycles. The van der Waals surface area contributed by atoms with E-state index in [0.29, 0.717) is 16.6 Å². The molecule has 1 aromatic rings. The van der Waals surface area contributed by atoms with E-state index < -0.39 is 5.97 Å². The first-order valence-electron chi connectivity index (χ1n) is 4.48. The molecule has 0 amide bonds. The van der Waals surface area contributed by atoms with Crippen LogP contribution in [-0.2, 0) is 9.63 Å². The van der Waals surface area contributed by atoms with E-state index in [1.807, 2.05) is 0 Å². The number of nitrogens with two attached hydrogens (primary N) is 1. The Balaban J connectivity index is 2.43. The average Bonchev–Trinajstić information content (AvgIpc) is 2.16. The molecule has 88 valence electrons. The van der Waals surface area contributed by atoms with Crippen LogP contribution < -0.4 is 17.0 Å². The number of nitrogens with one attached hydrogen (secondary N) is 2. The molecule has 16 heavy (non-hydrogen) atoms. The summed E-state index contributed by atoms with van der Waals surface area (Å²) >= 11 is 1.27. The van der Waals surface area contributed by atoms with Crippen LogP contribution in [0, 0.1) is 6.92 Å². The number of nitrogens with zero attached hydrogens (tertiary/aromatic N) is 1. The Bertz CT molecular complexity index is 420. The number of thioether (sulfide) groups is 1. The second-order valence-electron chi connectivity index (χ2n) is 2.88. The van der Waals surface area contributed by atoms with E-state index in [1.54, 1.807) is 12.5 Å². The number of hydrogen-bond acceptors (Lipinski definition) is 7. The smallest absolute Gasteiger partial charge is 0.327 e. The lowest BCUT2D eigenvalue weighted by atomic mass is 10.5. The molecule has 0 radical (unpaired) electrons. The molecule has 1 rings (SSSR count). The standard InChI is InChI=1S/C8H12N4O3S/c1-5-4-6(13)11-8(10-5)16-3-2-7(14)15-12-9/h4,12H,2-3,9H2,1H3,(H,10,11,13). The maximum absolute atomic E-state index is 11.1. The monoisotopic (exact) mass is 244 g/mol. The summed E-state index contributed by atoms with van der Waals surface area (Å²) in [6, 6.07) is 1.40. The summed E-state index contributed by atoms with van der Waals surface area (Å²) in [5, 5.41) is 0.485. The lowest BCUT2D eigenvalue weighted by molar-refractivity contribution is -0.150. The lowest BCUT2D eigenvalue weighted by Crippen LogP contribution is -2.26. The van der Waals surface area contributed by atoms with Crippen molar-refractivity contribution in [2.75, 3.05) is 5.75 Å². The number of aromatic amines is 1. The minimum atomic E-state index is -0.468. The van der Waals surface area contributed by atoms with Crippen molar-refractivity contribution in [3.8, 4) is 0 Å². The third-order valence-corrected chi connectivity index (χ3v) is 2.44. The van der Waals surface area contributed by atoms with Crippen LogP contribution in [0.5, 0.6) is 0 Å². The molecule has 0 fully saturated rings. The van der Waals surface area contributed by atoms with Gasteiger partial charge in [0.1, 0.15) is 0 Å². The van der Waals surface area contributed by atoms with E-state index in [2.05, 4.69) is 14.8 Å². The van der Waals surface area contributed by atoms with Crippen molar-refractivity contribution in [3.05, 3.63) is 22.1 Å². The Morgan fingerprint density at radius 3 is 3.12 bits per heavy atom. The summed E-state index contributed by atoms with van der Waals surface area (Å²) in [6.45, 7) is 1.73. The van der Waals surface area contributed by atoms with Crippen LogP contribution in [0.2, 0.25) is 0 Å². The highest BCUT2D eigenvalue weighted by Gasteiger charge is 2.04. The third kappa shape index (κ3) is 4.43. The number of carbonyl (C=O) groups excluding carboxylic acids is 1. The van der Waals surface area contributed by atoms with E-state index in [-0.39, 0.29) is 12.0 Å². The number of H-pyrrole nitrogens is 1. The number of hydrogen-bond donors (Lipinski definition) is 3. The van der Waals surface area contributed by atoms with Crippen molar-refractivity contribution < 1.29 is 9.63 Å². The van der Waals surface area contributed by atoms with Crippen molar-refractivity contribution in [3.63, 3.8) is 0 Å². The summed E-state index contributed by atoms with van der Waals surface area (Å²) in [5.41, 5.74) is 2.23. The summed E-state index contributed by atoms with van der Waals surface area (Å²) in [4.78, 5) is 32.9. The molecular formula is C8H12N4O3S. The van der Waals surface area contributed by atoms with Crippen LogP contribution in [0.1, 0.15) is 12.1 Å². The third-order valence-electron chi connectivity index (χ3n) is 1.57. The minimum absolute atomic E-state index is 0.173. The molecule has 1 heterocycles. The molecule has 0 saturated heterocycles. The quantitative estimate of drug-likeness (QED) is 0.277. The van der Waals surface area contributed by atoms with Crippen molar-refractivity contribution in [1.82, 2.24) is 15.6 Å². The first-order valence-corrected chi connectivity index (χ1v) is 5.46. The molecule has 0 aliphatic heterocycles. The average molecular weight is 244 g/mol. The highest BCUT2D eigenvalue weighted by molar-refractivity contribution is 7.99. The first-order chi connectivity index (χ1) is 7.61. The van der Waals surface area contributed by atoms with Gasteiger partial charge in [0.2, 0.25) is 0 Å². The summed E-state index contributed by atoms with van der Waals surface area (Å²) in [6.07, 6.45) is 0.173. The minimum Gasteiger partial charge on any atom is -0.356 e. The van der Waals surface area contributed by atoms with Crippen molar-refractivity contribution in [2.24, 2.45) is 5.84 Å². The molecular weight excluding hydrogens is 232 g/mol. The predicted octanol–water partition coefficient (Wildman–Crippen LogP) is -0.518. The maximum atomic E-state index is 11.1. The lowest BCUT2D eigenvalue weighted by Gasteiger charge is -2.01. The SMILES string of the molecule is Cc1cc(=O)[nH]c(SCCC(=O)ONN)n1. The van der Waals surface area contributed by atoms with Gasteiger partial charge in [-0.15, -0.1) is 0 Å². The Labute approximate surface area is 95.7 Å². The Morgan fingerprint density at radius 2 is 2.50 bits per heavy atom. The zero-order chi connectivity index (χ0) is 12.0.